The number of carbonyl (C=O) groups excluding carboxylic acids is 1. The molecule has 0 spiro atoms. The van der Waals surface area contributed by atoms with Crippen LogP contribution in [-0.2, 0) is 16.6 Å². The van der Waals surface area contributed by atoms with Crippen LogP contribution in [0.1, 0.15) is 30.5 Å². The van der Waals surface area contributed by atoms with Crippen molar-refractivity contribution >= 4 is 22.2 Å². The van der Waals surface area contributed by atoms with Crippen LogP contribution in [0.4, 0.5) is 0 Å². The van der Waals surface area contributed by atoms with E-state index in [1.807, 2.05) is 6.92 Å². The number of rotatable bonds is 2. The average Bonchev–Trinajstić information content (AvgIpc) is 2.50. The van der Waals surface area contributed by atoms with E-state index in [1.54, 1.807) is 0 Å². The Hall–Kier alpha value is -0.830. The van der Waals surface area contributed by atoms with Crippen molar-refractivity contribution in [3.63, 3.8) is 0 Å². The van der Waals surface area contributed by atoms with E-state index in [-0.39, 0.29) is 5.41 Å². The molecule has 0 atom stereocenters. The molecular weight excluding hydrogens is 268 g/mol. The van der Waals surface area contributed by atoms with Gasteiger partial charge in [-0.3, -0.25) is 0 Å². The fraction of sp³-hybridized carbons (Fsp3) is 0.462. The molecule has 0 saturated heterocycles. The molecule has 0 N–H and O–H groups in total. The Kier molecular flexibility index (Phi) is 2.82. The summed E-state index contributed by atoms with van der Waals surface area (Å²) in [5.74, 6) is 0.915. The van der Waals surface area contributed by atoms with Crippen LogP contribution in [0.25, 0.3) is 0 Å². The molecule has 1 aromatic rings. The summed E-state index contributed by atoms with van der Waals surface area (Å²) < 4.78 is 6.81. The summed E-state index contributed by atoms with van der Waals surface area (Å²) in [5, 5.41) is 0. The van der Waals surface area contributed by atoms with Crippen LogP contribution in [0.3, 0.4) is 0 Å². The van der Waals surface area contributed by atoms with E-state index in [4.69, 9.17) is 4.74 Å². The van der Waals surface area contributed by atoms with Crippen LogP contribution in [0.5, 0.6) is 5.75 Å². The summed E-state index contributed by atoms with van der Waals surface area (Å²) in [7, 11) is 0. The van der Waals surface area contributed by atoms with Gasteiger partial charge >= 0.3 is 0 Å². The second kappa shape index (κ2) is 3.88. The third-order valence-corrected chi connectivity index (χ3v) is 4.02. The molecule has 0 fully saturated rings. The van der Waals surface area contributed by atoms with Crippen molar-refractivity contribution in [2.75, 3.05) is 6.61 Å². The van der Waals surface area contributed by atoms with Crippen LogP contribution in [-0.4, -0.2) is 12.9 Å². The minimum atomic E-state index is 0.0309. The average molecular weight is 283 g/mol. The monoisotopic (exact) mass is 282 g/mol. The van der Waals surface area contributed by atoms with Gasteiger partial charge in [-0.1, -0.05) is 29.8 Å². The summed E-state index contributed by atoms with van der Waals surface area (Å²) in [6.07, 6.45) is 1.35. The highest BCUT2D eigenvalue weighted by atomic mass is 79.9. The van der Waals surface area contributed by atoms with Gasteiger partial charge in [-0.05, 0) is 18.6 Å². The first-order chi connectivity index (χ1) is 7.47. The third kappa shape index (κ3) is 1.67. The number of halogens is 1. The number of benzene rings is 1. The van der Waals surface area contributed by atoms with Crippen molar-refractivity contribution in [2.45, 2.75) is 32.6 Å². The molecule has 0 bridgehead atoms. The molecule has 0 aliphatic carbocycles. The smallest absolute Gasteiger partial charge is 0.127 e. The lowest BCUT2D eigenvalue weighted by Gasteiger charge is -2.17. The summed E-state index contributed by atoms with van der Waals surface area (Å²) in [6.45, 7) is 7.01. The Labute approximate surface area is 104 Å². The minimum Gasteiger partial charge on any atom is -0.492 e. The van der Waals surface area contributed by atoms with Gasteiger partial charge in [-0.2, -0.15) is 0 Å². The van der Waals surface area contributed by atoms with Crippen molar-refractivity contribution in [2.24, 2.45) is 0 Å². The van der Waals surface area contributed by atoms with Gasteiger partial charge < -0.3 is 9.53 Å². The van der Waals surface area contributed by atoms with Gasteiger partial charge in [0.15, 0.2) is 0 Å². The maximum Gasteiger partial charge on any atom is 0.127 e. The normalized spacial score (nSPS) is 16.8. The molecule has 86 valence electrons. The van der Waals surface area contributed by atoms with E-state index in [0.717, 1.165) is 27.6 Å². The Balaban J connectivity index is 2.66. The molecule has 1 aliphatic heterocycles. The van der Waals surface area contributed by atoms with Gasteiger partial charge in [-0.15, -0.1) is 0 Å². The predicted octanol–water partition coefficient (Wildman–Crippen LogP) is 3.17. The first-order valence-corrected chi connectivity index (χ1v) is 6.15. The summed E-state index contributed by atoms with van der Waals surface area (Å²) in [5.41, 5.74) is 3.35. The van der Waals surface area contributed by atoms with Crippen molar-refractivity contribution in [3.8, 4) is 5.75 Å². The lowest BCUT2D eigenvalue weighted by Crippen LogP contribution is -2.18. The molecule has 2 rings (SSSR count). The second-order valence-electron chi connectivity index (χ2n) is 4.88. The van der Waals surface area contributed by atoms with Gasteiger partial charge in [-0.25, -0.2) is 0 Å². The topological polar surface area (TPSA) is 26.3 Å². The van der Waals surface area contributed by atoms with E-state index < -0.39 is 0 Å². The SMILES string of the molecule is Cc1c(Br)cc2c(c1CC=O)OCC2(C)C. The largest absolute Gasteiger partial charge is 0.492 e. The van der Waals surface area contributed by atoms with Crippen LogP contribution in [0.2, 0.25) is 0 Å². The maximum absolute atomic E-state index is 10.7. The molecule has 16 heavy (non-hydrogen) atoms. The minimum absolute atomic E-state index is 0.0309. The highest BCUT2D eigenvalue weighted by Gasteiger charge is 2.34. The van der Waals surface area contributed by atoms with Crippen molar-refractivity contribution < 1.29 is 9.53 Å². The van der Waals surface area contributed by atoms with Crippen LogP contribution >= 0.6 is 15.9 Å². The van der Waals surface area contributed by atoms with Gasteiger partial charge in [0.05, 0.1) is 6.61 Å². The number of hydrogen-bond donors (Lipinski definition) is 0. The predicted molar refractivity (Wildman–Crippen MR) is 67.2 cm³/mol. The molecule has 0 unspecified atom stereocenters. The fourth-order valence-electron chi connectivity index (χ4n) is 2.10. The number of hydrogen-bond acceptors (Lipinski definition) is 2. The van der Waals surface area contributed by atoms with E-state index in [9.17, 15) is 4.79 Å². The zero-order chi connectivity index (χ0) is 11.9. The highest BCUT2D eigenvalue weighted by Crippen LogP contribution is 2.44. The molecule has 3 heteroatoms. The number of ether oxygens (including phenoxy) is 1. The van der Waals surface area contributed by atoms with Crippen LogP contribution < -0.4 is 4.74 Å². The molecule has 1 heterocycles. The highest BCUT2D eigenvalue weighted by molar-refractivity contribution is 9.10. The Morgan fingerprint density at radius 1 is 1.56 bits per heavy atom. The molecular formula is C13H15BrO2. The molecule has 0 saturated carbocycles. The van der Waals surface area contributed by atoms with Gasteiger partial charge in [0, 0.05) is 27.4 Å². The van der Waals surface area contributed by atoms with E-state index >= 15 is 0 Å². The van der Waals surface area contributed by atoms with Gasteiger partial charge in [0.2, 0.25) is 0 Å². The van der Waals surface area contributed by atoms with Gasteiger partial charge in [0.1, 0.15) is 12.0 Å². The van der Waals surface area contributed by atoms with E-state index in [1.165, 1.54) is 5.56 Å². The number of aldehydes is 1. The fourth-order valence-corrected chi connectivity index (χ4v) is 2.57. The summed E-state index contributed by atoms with van der Waals surface area (Å²) in [4.78, 5) is 10.7. The second-order valence-corrected chi connectivity index (χ2v) is 5.74. The zero-order valence-electron chi connectivity index (χ0n) is 9.76. The molecule has 0 aromatic heterocycles. The zero-order valence-corrected chi connectivity index (χ0v) is 11.3. The molecule has 0 amide bonds. The molecule has 1 aliphatic rings. The van der Waals surface area contributed by atoms with Crippen LogP contribution in [0, 0.1) is 6.92 Å². The van der Waals surface area contributed by atoms with E-state index in [2.05, 4.69) is 35.8 Å². The molecule has 0 radical (unpaired) electrons. The maximum atomic E-state index is 10.7. The number of fused-ring (bicyclic) bond motifs is 1. The lowest BCUT2D eigenvalue weighted by atomic mass is 9.85. The molecule has 2 nitrogen and oxygen atoms in total. The third-order valence-electron chi connectivity index (χ3n) is 3.19. The standard InChI is InChI=1S/C13H15BrO2/c1-8-9(4-5-15)12-10(6-11(8)14)13(2,3)7-16-12/h5-6H,4,7H2,1-3H3. The lowest BCUT2D eigenvalue weighted by molar-refractivity contribution is -0.107. The Bertz CT molecular complexity index is 450. The van der Waals surface area contributed by atoms with Crippen molar-refractivity contribution in [3.05, 3.63) is 27.2 Å². The Morgan fingerprint density at radius 2 is 2.25 bits per heavy atom. The number of carbonyl (C=O) groups is 1. The Morgan fingerprint density at radius 3 is 2.88 bits per heavy atom. The van der Waals surface area contributed by atoms with E-state index in [0.29, 0.717) is 13.0 Å². The summed E-state index contributed by atoms with van der Waals surface area (Å²) >= 11 is 3.55. The quantitative estimate of drug-likeness (QED) is 0.779. The first-order valence-electron chi connectivity index (χ1n) is 5.36. The van der Waals surface area contributed by atoms with Crippen molar-refractivity contribution in [1.82, 2.24) is 0 Å². The van der Waals surface area contributed by atoms with Crippen molar-refractivity contribution in [1.29, 1.82) is 0 Å². The molecule has 1 aromatic carbocycles. The summed E-state index contributed by atoms with van der Waals surface area (Å²) in [6, 6.07) is 2.12. The van der Waals surface area contributed by atoms with Crippen LogP contribution in [0.15, 0.2) is 10.5 Å². The van der Waals surface area contributed by atoms with Gasteiger partial charge in [0.25, 0.3) is 0 Å². The first kappa shape index (κ1) is 11.6.